The van der Waals surface area contributed by atoms with E-state index in [1.54, 1.807) is 4.90 Å². The molecule has 2 aromatic rings. The highest BCUT2D eigenvalue weighted by molar-refractivity contribution is 5.94. The molecule has 1 unspecified atom stereocenters. The number of amides is 1. The van der Waals surface area contributed by atoms with Crippen molar-refractivity contribution in [1.29, 1.82) is 0 Å². The molecule has 0 bridgehead atoms. The molecule has 0 radical (unpaired) electrons. The van der Waals surface area contributed by atoms with E-state index in [1.165, 1.54) is 10.7 Å². The number of rotatable bonds is 6. The van der Waals surface area contributed by atoms with Crippen LogP contribution in [0.1, 0.15) is 46.9 Å². The van der Waals surface area contributed by atoms with Crippen molar-refractivity contribution in [1.82, 2.24) is 20.0 Å². The SMILES string of the molecule is O=C(NCC1CCN(CCC(F)(F)F)C1)c1nn(-c2ccc(F)cc2F)c2c1C[C@H]1C[C@@H]21. The van der Waals surface area contributed by atoms with Gasteiger partial charge in [-0.15, -0.1) is 0 Å². The molecule has 1 aromatic carbocycles. The Balaban J connectivity index is 1.27. The van der Waals surface area contributed by atoms with E-state index in [4.69, 9.17) is 0 Å². The number of fused-ring (bicyclic) bond motifs is 3. The number of benzene rings is 1. The van der Waals surface area contributed by atoms with Crippen LogP contribution in [0, 0.1) is 23.5 Å². The van der Waals surface area contributed by atoms with Crippen molar-refractivity contribution in [3.05, 3.63) is 46.8 Å². The van der Waals surface area contributed by atoms with Gasteiger partial charge in [-0.3, -0.25) is 4.79 Å². The third kappa shape index (κ3) is 4.12. The van der Waals surface area contributed by atoms with E-state index in [9.17, 15) is 26.7 Å². The van der Waals surface area contributed by atoms with E-state index in [1.807, 2.05) is 0 Å². The first-order valence-corrected chi connectivity index (χ1v) is 10.8. The van der Waals surface area contributed by atoms with Gasteiger partial charge in [-0.05, 0) is 49.8 Å². The van der Waals surface area contributed by atoms with Crippen molar-refractivity contribution < 1.29 is 26.7 Å². The van der Waals surface area contributed by atoms with Gasteiger partial charge in [0.15, 0.2) is 11.5 Å². The molecule has 3 aliphatic rings. The van der Waals surface area contributed by atoms with Crippen LogP contribution in [0.4, 0.5) is 22.0 Å². The molecule has 10 heteroatoms. The summed E-state index contributed by atoms with van der Waals surface area (Å²) in [6.07, 6.45) is -2.61. The van der Waals surface area contributed by atoms with Gasteiger partial charge < -0.3 is 10.2 Å². The first kappa shape index (κ1) is 21.4. The average molecular weight is 454 g/mol. The summed E-state index contributed by atoms with van der Waals surface area (Å²) >= 11 is 0. The molecule has 1 aliphatic heterocycles. The number of nitrogens with zero attached hydrogens (tertiary/aromatic N) is 3. The zero-order chi connectivity index (χ0) is 22.6. The Labute approximate surface area is 181 Å². The van der Waals surface area contributed by atoms with Crippen LogP contribution in [0.5, 0.6) is 0 Å². The van der Waals surface area contributed by atoms with Crippen molar-refractivity contribution in [2.24, 2.45) is 11.8 Å². The molecule has 1 aromatic heterocycles. The van der Waals surface area contributed by atoms with Crippen LogP contribution in [0.25, 0.3) is 5.69 Å². The van der Waals surface area contributed by atoms with Crippen LogP contribution in [-0.2, 0) is 6.42 Å². The van der Waals surface area contributed by atoms with Crippen LogP contribution in [0.15, 0.2) is 18.2 Å². The molecular formula is C22H23F5N4O. The molecule has 1 saturated carbocycles. The van der Waals surface area contributed by atoms with E-state index in [0.29, 0.717) is 32.0 Å². The van der Waals surface area contributed by atoms with Gasteiger partial charge in [0.1, 0.15) is 11.5 Å². The number of hydrogen-bond donors (Lipinski definition) is 1. The Hall–Kier alpha value is -2.49. The molecule has 5 rings (SSSR count). The Kier molecular flexibility index (Phi) is 5.22. The Morgan fingerprint density at radius 1 is 1.25 bits per heavy atom. The lowest BCUT2D eigenvalue weighted by atomic mass is 10.1. The van der Waals surface area contributed by atoms with Crippen LogP contribution in [-0.4, -0.2) is 52.9 Å². The number of hydrogen-bond acceptors (Lipinski definition) is 3. The van der Waals surface area contributed by atoms with Gasteiger partial charge in [0.05, 0.1) is 12.1 Å². The topological polar surface area (TPSA) is 50.2 Å². The van der Waals surface area contributed by atoms with E-state index in [2.05, 4.69) is 10.4 Å². The maximum Gasteiger partial charge on any atom is 0.390 e. The molecule has 0 spiro atoms. The van der Waals surface area contributed by atoms with E-state index in [0.717, 1.165) is 36.2 Å². The number of aromatic nitrogens is 2. The van der Waals surface area contributed by atoms with Gasteiger partial charge in [-0.2, -0.15) is 18.3 Å². The van der Waals surface area contributed by atoms with Crippen molar-refractivity contribution in [3.63, 3.8) is 0 Å². The fourth-order valence-electron chi connectivity index (χ4n) is 5.02. The predicted octanol–water partition coefficient (Wildman–Crippen LogP) is 3.81. The number of alkyl halides is 3. The summed E-state index contributed by atoms with van der Waals surface area (Å²) in [5.74, 6) is -1.04. The van der Waals surface area contributed by atoms with Crippen LogP contribution < -0.4 is 5.32 Å². The van der Waals surface area contributed by atoms with E-state index < -0.39 is 24.2 Å². The molecule has 1 saturated heterocycles. The first-order valence-electron chi connectivity index (χ1n) is 10.8. The normalized spacial score (nSPS) is 24.5. The summed E-state index contributed by atoms with van der Waals surface area (Å²) in [6.45, 7) is 1.40. The van der Waals surface area contributed by atoms with Gasteiger partial charge >= 0.3 is 6.18 Å². The lowest BCUT2D eigenvalue weighted by molar-refractivity contribution is -0.137. The second-order valence-corrected chi connectivity index (χ2v) is 9.06. The standard InChI is InChI=1S/C22H23F5N4O/c23-14-1-2-18(17(24)9-14)31-20-15-7-13(15)8-16(20)19(29-31)21(32)28-10-12-3-5-30(11-12)6-4-22(25,26)27/h1-2,9,12-13,15H,3-8,10-11H2,(H,28,32)/t12?,13-,15-/m1/s1. The summed E-state index contributed by atoms with van der Waals surface area (Å²) in [5.41, 5.74) is 2.00. The lowest BCUT2D eigenvalue weighted by Gasteiger charge is -2.17. The molecule has 2 aliphatic carbocycles. The molecule has 172 valence electrons. The largest absolute Gasteiger partial charge is 0.390 e. The van der Waals surface area contributed by atoms with Gasteiger partial charge in [0.2, 0.25) is 0 Å². The van der Waals surface area contributed by atoms with Crippen molar-refractivity contribution in [2.75, 3.05) is 26.2 Å². The Morgan fingerprint density at radius 3 is 2.81 bits per heavy atom. The molecule has 1 amide bonds. The van der Waals surface area contributed by atoms with Gasteiger partial charge in [-0.1, -0.05) is 0 Å². The van der Waals surface area contributed by atoms with E-state index >= 15 is 0 Å². The summed E-state index contributed by atoms with van der Waals surface area (Å²) in [6, 6.07) is 3.28. The highest BCUT2D eigenvalue weighted by atomic mass is 19.4. The van der Waals surface area contributed by atoms with Gasteiger partial charge in [-0.25, -0.2) is 13.5 Å². The second-order valence-electron chi connectivity index (χ2n) is 9.06. The van der Waals surface area contributed by atoms with Crippen molar-refractivity contribution in [3.8, 4) is 5.69 Å². The van der Waals surface area contributed by atoms with Crippen molar-refractivity contribution in [2.45, 2.75) is 37.8 Å². The lowest BCUT2D eigenvalue weighted by Crippen LogP contribution is -2.32. The Morgan fingerprint density at radius 2 is 2.06 bits per heavy atom. The minimum atomic E-state index is -4.17. The summed E-state index contributed by atoms with van der Waals surface area (Å²) < 4.78 is 66.5. The highest BCUT2D eigenvalue weighted by Gasteiger charge is 2.50. The number of carbonyl (C=O) groups is 1. The highest BCUT2D eigenvalue weighted by Crippen LogP contribution is 2.57. The third-order valence-corrected chi connectivity index (χ3v) is 6.75. The predicted molar refractivity (Wildman–Crippen MR) is 106 cm³/mol. The summed E-state index contributed by atoms with van der Waals surface area (Å²) in [4.78, 5) is 14.7. The maximum absolute atomic E-state index is 14.4. The minimum Gasteiger partial charge on any atom is -0.350 e. The third-order valence-electron chi connectivity index (χ3n) is 6.75. The fourth-order valence-corrected chi connectivity index (χ4v) is 5.02. The number of nitrogens with one attached hydrogen (secondary N) is 1. The minimum absolute atomic E-state index is 0.0299. The number of carbonyl (C=O) groups excluding carboxylic acids is 1. The molecule has 32 heavy (non-hydrogen) atoms. The van der Waals surface area contributed by atoms with Gasteiger partial charge in [0, 0.05) is 37.2 Å². The molecule has 3 atom stereocenters. The fraction of sp³-hybridized carbons (Fsp3) is 0.545. The molecule has 5 nitrogen and oxygen atoms in total. The molecule has 2 heterocycles. The summed E-state index contributed by atoms with van der Waals surface area (Å²) in [5, 5.41) is 7.26. The van der Waals surface area contributed by atoms with Crippen LogP contribution in [0.3, 0.4) is 0 Å². The van der Waals surface area contributed by atoms with E-state index in [-0.39, 0.29) is 35.7 Å². The van der Waals surface area contributed by atoms with Crippen LogP contribution in [0.2, 0.25) is 0 Å². The number of likely N-dealkylation sites (tertiary alicyclic amines) is 1. The smallest absolute Gasteiger partial charge is 0.350 e. The maximum atomic E-state index is 14.4. The zero-order valence-electron chi connectivity index (χ0n) is 17.3. The summed E-state index contributed by atoms with van der Waals surface area (Å²) in [7, 11) is 0. The van der Waals surface area contributed by atoms with Crippen molar-refractivity contribution >= 4 is 5.91 Å². The molecule has 2 fully saturated rings. The first-order chi connectivity index (χ1) is 15.2. The van der Waals surface area contributed by atoms with Gasteiger partial charge in [0.25, 0.3) is 5.91 Å². The number of halogens is 5. The average Bonchev–Trinajstić information content (AvgIpc) is 3.05. The Bertz CT molecular complexity index is 1050. The second kappa shape index (κ2) is 7.83. The zero-order valence-corrected chi connectivity index (χ0v) is 17.3. The quantitative estimate of drug-likeness (QED) is 0.676. The van der Waals surface area contributed by atoms with Crippen LogP contribution >= 0.6 is 0 Å². The molecule has 1 N–H and O–H groups in total. The monoisotopic (exact) mass is 454 g/mol. The molecular weight excluding hydrogens is 431 g/mol.